The van der Waals surface area contributed by atoms with Crippen molar-refractivity contribution in [3.05, 3.63) is 27.4 Å². The van der Waals surface area contributed by atoms with Gasteiger partial charge in [0.1, 0.15) is 0 Å². The van der Waals surface area contributed by atoms with Gasteiger partial charge in [0.05, 0.1) is 23.2 Å². The summed E-state index contributed by atoms with van der Waals surface area (Å²) in [6.07, 6.45) is 2.53. The summed E-state index contributed by atoms with van der Waals surface area (Å²) >= 11 is 8.96. The van der Waals surface area contributed by atoms with Gasteiger partial charge >= 0.3 is 0 Å². The molecule has 18 heavy (non-hydrogen) atoms. The van der Waals surface area contributed by atoms with Crippen LogP contribution in [0.5, 0.6) is 0 Å². The number of nitrogens with one attached hydrogen (secondary N) is 1. The number of ether oxygens (including phenoxy) is 1. The van der Waals surface area contributed by atoms with E-state index >= 15 is 0 Å². The van der Waals surface area contributed by atoms with E-state index in [2.05, 4.69) is 38.5 Å². The van der Waals surface area contributed by atoms with E-state index in [0.717, 1.165) is 39.7 Å². The van der Waals surface area contributed by atoms with Crippen molar-refractivity contribution in [2.75, 3.05) is 6.61 Å². The molecule has 1 saturated heterocycles. The van der Waals surface area contributed by atoms with Gasteiger partial charge in [0, 0.05) is 11.1 Å². The predicted octanol–water partition coefficient (Wildman–Crippen LogP) is 4.20. The van der Waals surface area contributed by atoms with Gasteiger partial charge in [-0.25, -0.2) is 0 Å². The van der Waals surface area contributed by atoms with E-state index in [1.807, 2.05) is 12.1 Å². The highest BCUT2D eigenvalue weighted by atomic mass is 79.9. The number of hydrogen-bond donors (Lipinski definition) is 1. The normalized spacial score (nSPS) is 21.6. The number of fused-ring (bicyclic) bond motifs is 1. The van der Waals surface area contributed by atoms with Gasteiger partial charge < -0.3 is 14.3 Å². The molecule has 2 atom stereocenters. The summed E-state index contributed by atoms with van der Waals surface area (Å²) < 4.78 is 9.79. The summed E-state index contributed by atoms with van der Waals surface area (Å²) in [7, 11) is 0. The third-order valence-electron chi connectivity index (χ3n) is 3.59. The molecule has 0 amide bonds. The summed E-state index contributed by atoms with van der Waals surface area (Å²) in [5.41, 5.74) is 2.21. The Morgan fingerprint density at radius 1 is 1.56 bits per heavy atom. The van der Waals surface area contributed by atoms with E-state index < -0.39 is 0 Å². The van der Waals surface area contributed by atoms with Crippen LogP contribution in [0.15, 0.2) is 22.7 Å². The first-order chi connectivity index (χ1) is 8.66. The van der Waals surface area contributed by atoms with E-state index in [0.29, 0.717) is 0 Å². The van der Waals surface area contributed by atoms with E-state index in [1.165, 1.54) is 0 Å². The fourth-order valence-corrected chi connectivity index (χ4v) is 3.37. The smallest absolute Gasteiger partial charge is 0.178 e. The molecule has 1 aromatic carbocycles. The van der Waals surface area contributed by atoms with Crippen LogP contribution >= 0.6 is 28.1 Å². The Morgan fingerprint density at radius 3 is 3.11 bits per heavy atom. The largest absolute Gasteiger partial charge is 0.376 e. The van der Waals surface area contributed by atoms with Crippen molar-refractivity contribution in [3.8, 4) is 0 Å². The van der Waals surface area contributed by atoms with Gasteiger partial charge in [0.25, 0.3) is 0 Å². The van der Waals surface area contributed by atoms with E-state index in [-0.39, 0.29) is 12.1 Å². The molecule has 2 heterocycles. The number of H-pyrrole nitrogens is 1. The van der Waals surface area contributed by atoms with Crippen molar-refractivity contribution in [2.45, 2.75) is 31.9 Å². The molecule has 0 radical (unpaired) electrons. The second kappa shape index (κ2) is 4.79. The van der Waals surface area contributed by atoms with E-state index in [4.69, 9.17) is 17.0 Å². The number of halogens is 1. The van der Waals surface area contributed by atoms with Crippen molar-refractivity contribution >= 4 is 39.2 Å². The van der Waals surface area contributed by atoms with Gasteiger partial charge in [-0.2, -0.15) is 0 Å². The molecule has 1 aromatic heterocycles. The van der Waals surface area contributed by atoms with Gasteiger partial charge in [-0.05, 0) is 50.2 Å². The monoisotopic (exact) mass is 326 g/mol. The number of aromatic amines is 1. The van der Waals surface area contributed by atoms with Crippen LogP contribution in [0.25, 0.3) is 11.0 Å². The molecule has 1 fully saturated rings. The Labute approximate surface area is 119 Å². The molecule has 0 aliphatic carbocycles. The van der Waals surface area contributed by atoms with Crippen LogP contribution in [0.4, 0.5) is 0 Å². The van der Waals surface area contributed by atoms with Crippen LogP contribution in [0.1, 0.15) is 25.8 Å². The number of hydrogen-bond acceptors (Lipinski definition) is 2. The Hall–Kier alpha value is -0.650. The Balaban J connectivity index is 2.12. The van der Waals surface area contributed by atoms with Gasteiger partial charge in [-0.15, -0.1) is 0 Å². The van der Waals surface area contributed by atoms with Crippen molar-refractivity contribution < 1.29 is 4.74 Å². The van der Waals surface area contributed by atoms with E-state index in [9.17, 15) is 0 Å². The van der Waals surface area contributed by atoms with Gasteiger partial charge in [-0.1, -0.05) is 15.9 Å². The number of benzene rings is 1. The molecule has 2 unspecified atom stereocenters. The molecule has 3 nitrogen and oxygen atoms in total. The number of rotatable bonds is 2. The summed E-state index contributed by atoms with van der Waals surface area (Å²) in [5, 5.41) is 0. The molecule has 1 N–H and O–H groups in total. The first-order valence-electron chi connectivity index (χ1n) is 6.18. The minimum atomic E-state index is 0.267. The fourth-order valence-electron chi connectivity index (χ4n) is 2.65. The maximum absolute atomic E-state index is 5.78. The van der Waals surface area contributed by atoms with E-state index in [1.54, 1.807) is 0 Å². The predicted molar refractivity (Wildman–Crippen MR) is 78.5 cm³/mol. The van der Waals surface area contributed by atoms with Crippen LogP contribution in [-0.2, 0) is 4.74 Å². The maximum atomic E-state index is 5.78. The topological polar surface area (TPSA) is 29.9 Å². The summed E-state index contributed by atoms with van der Waals surface area (Å²) in [5.74, 6) is 0. The zero-order valence-corrected chi connectivity index (χ0v) is 12.6. The standard InChI is InChI=1S/C13H15BrN2OS/c1-8(12-3-2-6-17-12)16-11-7-9(14)4-5-10(11)15-13(16)18/h4-5,7-8,12H,2-3,6H2,1H3,(H,15,18). The van der Waals surface area contributed by atoms with Crippen LogP contribution in [0.3, 0.4) is 0 Å². The Kier molecular flexibility index (Phi) is 3.30. The lowest BCUT2D eigenvalue weighted by atomic mass is 10.1. The zero-order chi connectivity index (χ0) is 12.7. The zero-order valence-electron chi connectivity index (χ0n) is 10.1. The van der Waals surface area contributed by atoms with Gasteiger partial charge in [0.2, 0.25) is 0 Å². The first kappa shape index (κ1) is 12.4. The molecule has 5 heteroatoms. The van der Waals surface area contributed by atoms with Crippen LogP contribution in [-0.4, -0.2) is 22.3 Å². The Bertz CT molecular complexity index is 627. The summed E-state index contributed by atoms with van der Waals surface area (Å²) in [6.45, 7) is 3.05. The summed E-state index contributed by atoms with van der Waals surface area (Å²) in [6, 6.07) is 6.44. The average Bonchev–Trinajstić information content (AvgIpc) is 2.94. The van der Waals surface area contributed by atoms with Crippen LogP contribution in [0.2, 0.25) is 0 Å². The molecule has 1 aliphatic rings. The maximum Gasteiger partial charge on any atom is 0.178 e. The Morgan fingerprint density at radius 2 is 2.39 bits per heavy atom. The number of aromatic nitrogens is 2. The molecule has 3 rings (SSSR count). The number of imidazole rings is 1. The van der Waals surface area contributed by atoms with Gasteiger partial charge in [-0.3, -0.25) is 0 Å². The molecule has 1 aliphatic heterocycles. The molecule has 2 aromatic rings. The third kappa shape index (κ3) is 2.04. The SMILES string of the molecule is CC(C1CCCO1)n1c(=S)[nH]c2ccc(Br)cc21. The molecular weight excluding hydrogens is 312 g/mol. The molecule has 96 valence electrons. The lowest BCUT2D eigenvalue weighted by Gasteiger charge is -2.20. The minimum absolute atomic E-state index is 0.267. The highest BCUT2D eigenvalue weighted by Gasteiger charge is 2.25. The second-order valence-corrected chi connectivity index (χ2v) is 6.06. The highest BCUT2D eigenvalue weighted by Crippen LogP contribution is 2.29. The molecule has 0 saturated carbocycles. The molecule has 0 spiro atoms. The van der Waals surface area contributed by atoms with Crippen molar-refractivity contribution in [1.82, 2.24) is 9.55 Å². The quantitative estimate of drug-likeness (QED) is 0.838. The van der Waals surface area contributed by atoms with Crippen LogP contribution in [0, 0.1) is 4.77 Å². The number of nitrogens with zero attached hydrogens (tertiary/aromatic N) is 1. The fraction of sp³-hybridized carbons (Fsp3) is 0.462. The van der Waals surface area contributed by atoms with Crippen molar-refractivity contribution in [3.63, 3.8) is 0 Å². The lowest BCUT2D eigenvalue weighted by molar-refractivity contribution is 0.0741. The van der Waals surface area contributed by atoms with Crippen molar-refractivity contribution in [2.24, 2.45) is 0 Å². The lowest BCUT2D eigenvalue weighted by Crippen LogP contribution is -2.20. The third-order valence-corrected chi connectivity index (χ3v) is 4.38. The summed E-state index contributed by atoms with van der Waals surface area (Å²) in [4.78, 5) is 3.26. The first-order valence-corrected chi connectivity index (χ1v) is 7.38. The molecule has 0 bridgehead atoms. The second-order valence-electron chi connectivity index (χ2n) is 4.75. The molecular formula is C13H15BrN2OS. The highest BCUT2D eigenvalue weighted by molar-refractivity contribution is 9.10. The minimum Gasteiger partial charge on any atom is -0.376 e. The van der Waals surface area contributed by atoms with Crippen molar-refractivity contribution in [1.29, 1.82) is 0 Å². The van der Waals surface area contributed by atoms with Crippen LogP contribution < -0.4 is 0 Å². The van der Waals surface area contributed by atoms with Gasteiger partial charge in [0.15, 0.2) is 4.77 Å². The average molecular weight is 327 g/mol.